The van der Waals surface area contributed by atoms with Crippen molar-refractivity contribution >= 4 is 5.97 Å². The van der Waals surface area contributed by atoms with Crippen LogP contribution in [0, 0.1) is 0 Å². The summed E-state index contributed by atoms with van der Waals surface area (Å²) in [4.78, 5) is 13.4. The van der Waals surface area contributed by atoms with E-state index in [0.717, 1.165) is 6.07 Å². The summed E-state index contributed by atoms with van der Waals surface area (Å²) in [6.45, 7) is 0.546. The minimum Gasteiger partial charge on any atom is -0.494 e. The number of H-pyrrole nitrogens is 1. The highest BCUT2D eigenvalue weighted by Gasteiger charge is 2.29. The van der Waals surface area contributed by atoms with Gasteiger partial charge in [0.2, 0.25) is 5.88 Å². The van der Waals surface area contributed by atoms with Crippen LogP contribution in [0.15, 0.2) is 6.07 Å². The molecule has 6 heteroatoms. The number of carbonyl (C=O) groups excluding carboxylic acids is 1. The smallest absolute Gasteiger partial charge is 0.340 e. The van der Waals surface area contributed by atoms with Gasteiger partial charge in [0.15, 0.2) is 17.7 Å². The normalized spacial score (nSPS) is 20.1. The van der Waals surface area contributed by atoms with E-state index in [9.17, 15) is 4.79 Å². The van der Waals surface area contributed by atoms with Crippen LogP contribution in [-0.2, 0) is 9.53 Å². The molecule has 14 heavy (non-hydrogen) atoms. The molecule has 0 amide bonds. The number of hydrogen-bond acceptors (Lipinski definition) is 5. The first-order chi connectivity index (χ1) is 6.66. The lowest BCUT2D eigenvalue weighted by Gasteiger charge is -2.23. The van der Waals surface area contributed by atoms with Crippen LogP contribution < -0.4 is 4.74 Å². The molecule has 0 radical (unpaired) electrons. The standard InChI is InChI=1S/C8H9NO5/c10-6-3-5(7(11)9-6)14-8(12)4-1-2-13-4/h3-4,9-11H,1-2H2. The van der Waals surface area contributed by atoms with Gasteiger partial charge in [-0.15, -0.1) is 0 Å². The Morgan fingerprint density at radius 3 is 2.79 bits per heavy atom. The van der Waals surface area contributed by atoms with Crippen molar-refractivity contribution in [2.45, 2.75) is 12.5 Å². The van der Waals surface area contributed by atoms with E-state index in [1.165, 1.54) is 0 Å². The van der Waals surface area contributed by atoms with Gasteiger partial charge in [0.25, 0.3) is 0 Å². The third kappa shape index (κ3) is 1.51. The van der Waals surface area contributed by atoms with Crippen molar-refractivity contribution in [1.29, 1.82) is 0 Å². The molecular formula is C8H9NO5. The predicted octanol–water partition coefficient (Wildman–Crippen LogP) is 0.120. The van der Waals surface area contributed by atoms with Crippen LogP contribution in [0.2, 0.25) is 0 Å². The zero-order chi connectivity index (χ0) is 10.1. The Bertz CT molecular complexity index is 355. The molecule has 1 aromatic rings. The highest BCUT2D eigenvalue weighted by Crippen LogP contribution is 2.30. The van der Waals surface area contributed by atoms with Gasteiger partial charge in [-0.3, -0.25) is 4.98 Å². The summed E-state index contributed by atoms with van der Waals surface area (Å²) >= 11 is 0. The quantitative estimate of drug-likeness (QED) is 0.588. The fourth-order valence-corrected chi connectivity index (χ4v) is 1.09. The lowest BCUT2D eigenvalue weighted by atomic mass is 10.2. The lowest BCUT2D eigenvalue weighted by molar-refractivity contribution is -0.160. The van der Waals surface area contributed by atoms with Crippen molar-refractivity contribution in [3.8, 4) is 17.5 Å². The molecule has 1 saturated heterocycles. The summed E-state index contributed by atoms with van der Waals surface area (Å²) in [5.41, 5.74) is 0. The SMILES string of the molecule is O=C(Oc1cc(O)[nH]c1O)C1CCO1. The van der Waals surface area contributed by atoms with Crippen LogP contribution in [-0.4, -0.2) is 33.9 Å². The van der Waals surface area contributed by atoms with Gasteiger partial charge in [0.05, 0.1) is 6.61 Å². The first kappa shape index (κ1) is 8.89. The molecule has 2 heterocycles. The van der Waals surface area contributed by atoms with Gasteiger partial charge in [0.1, 0.15) is 0 Å². The Morgan fingerprint density at radius 1 is 1.64 bits per heavy atom. The van der Waals surface area contributed by atoms with E-state index in [-0.39, 0.29) is 17.5 Å². The maximum Gasteiger partial charge on any atom is 0.340 e. The molecule has 76 valence electrons. The molecule has 1 aromatic heterocycles. The maximum absolute atomic E-state index is 11.2. The van der Waals surface area contributed by atoms with E-state index >= 15 is 0 Å². The summed E-state index contributed by atoms with van der Waals surface area (Å²) in [7, 11) is 0. The van der Waals surface area contributed by atoms with Gasteiger partial charge < -0.3 is 19.7 Å². The van der Waals surface area contributed by atoms with E-state index in [1.807, 2.05) is 0 Å². The molecule has 0 aromatic carbocycles. The molecule has 1 atom stereocenters. The van der Waals surface area contributed by atoms with Crippen molar-refractivity contribution in [3.63, 3.8) is 0 Å². The highest BCUT2D eigenvalue weighted by molar-refractivity contribution is 5.78. The topological polar surface area (TPSA) is 91.8 Å². The first-order valence-electron chi connectivity index (χ1n) is 4.11. The van der Waals surface area contributed by atoms with Gasteiger partial charge in [-0.25, -0.2) is 4.79 Å². The Labute approximate surface area is 79.1 Å². The average molecular weight is 199 g/mol. The largest absolute Gasteiger partial charge is 0.494 e. The zero-order valence-electron chi connectivity index (χ0n) is 7.19. The minimum absolute atomic E-state index is 0.0944. The summed E-state index contributed by atoms with van der Waals surface area (Å²) in [6, 6.07) is 1.12. The predicted molar refractivity (Wildman–Crippen MR) is 44.1 cm³/mol. The number of esters is 1. The van der Waals surface area contributed by atoms with Gasteiger partial charge in [-0.05, 0) is 0 Å². The van der Waals surface area contributed by atoms with Crippen LogP contribution >= 0.6 is 0 Å². The van der Waals surface area contributed by atoms with Crippen molar-refractivity contribution in [2.75, 3.05) is 6.61 Å². The first-order valence-corrected chi connectivity index (χ1v) is 4.11. The molecule has 0 bridgehead atoms. The fourth-order valence-electron chi connectivity index (χ4n) is 1.09. The van der Waals surface area contributed by atoms with Crippen molar-refractivity contribution < 1.29 is 24.5 Å². The number of aromatic amines is 1. The Balaban J connectivity index is 2.02. The summed E-state index contributed by atoms with van der Waals surface area (Å²) in [6.07, 6.45) is 0.0714. The second-order valence-corrected chi connectivity index (χ2v) is 2.94. The van der Waals surface area contributed by atoms with E-state index < -0.39 is 12.1 Å². The Hall–Kier alpha value is -1.69. The number of aromatic hydroxyl groups is 2. The van der Waals surface area contributed by atoms with Crippen LogP contribution in [0.4, 0.5) is 0 Å². The van der Waals surface area contributed by atoms with Gasteiger partial charge in [-0.1, -0.05) is 0 Å². The number of carbonyl (C=O) groups is 1. The summed E-state index contributed by atoms with van der Waals surface area (Å²) < 4.78 is 9.65. The van der Waals surface area contributed by atoms with Crippen molar-refractivity contribution in [2.24, 2.45) is 0 Å². The van der Waals surface area contributed by atoms with Crippen LogP contribution in [0.5, 0.6) is 17.5 Å². The molecular weight excluding hydrogens is 190 g/mol. The Kier molecular flexibility index (Phi) is 2.05. The monoisotopic (exact) mass is 199 g/mol. The second kappa shape index (κ2) is 3.22. The molecule has 3 N–H and O–H groups in total. The number of aromatic nitrogens is 1. The summed E-state index contributed by atoms with van der Waals surface area (Å²) in [5, 5.41) is 18.0. The number of rotatable bonds is 2. The summed E-state index contributed by atoms with van der Waals surface area (Å²) in [5.74, 6) is -1.30. The van der Waals surface area contributed by atoms with Gasteiger partial charge in [-0.2, -0.15) is 0 Å². The van der Waals surface area contributed by atoms with Crippen molar-refractivity contribution in [3.05, 3.63) is 6.07 Å². The average Bonchev–Trinajstić information content (AvgIpc) is 2.26. The lowest BCUT2D eigenvalue weighted by Crippen LogP contribution is -2.37. The third-order valence-corrected chi connectivity index (χ3v) is 1.92. The van der Waals surface area contributed by atoms with E-state index in [0.29, 0.717) is 13.0 Å². The molecule has 2 rings (SSSR count). The van der Waals surface area contributed by atoms with E-state index in [1.54, 1.807) is 0 Å². The third-order valence-electron chi connectivity index (χ3n) is 1.92. The van der Waals surface area contributed by atoms with Gasteiger partial charge >= 0.3 is 5.97 Å². The zero-order valence-corrected chi connectivity index (χ0v) is 7.19. The van der Waals surface area contributed by atoms with E-state index in [2.05, 4.69) is 4.98 Å². The Morgan fingerprint density at radius 2 is 2.36 bits per heavy atom. The molecule has 0 saturated carbocycles. The molecule has 1 aliphatic rings. The molecule has 1 unspecified atom stereocenters. The maximum atomic E-state index is 11.2. The van der Waals surface area contributed by atoms with Crippen LogP contribution in [0.25, 0.3) is 0 Å². The molecule has 0 spiro atoms. The van der Waals surface area contributed by atoms with Crippen molar-refractivity contribution in [1.82, 2.24) is 4.98 Å². The second-order valence-electron chi connectivity index (χ2n) is 2.94. The van der Waals surface area contributed by atoms with Crippen LogP contribution in [0.1, 0.15) is 6.42 Å². The molecule has 6 nitrogen and oxygen atoms in total. The minimum atomic E-state index is -0.564. The fraction of sp³-hybridized carbons (Fsp3) is 0.375. The molecule has 0 aliphatic carbocycles. The van der Waals surface area contributed by atoms with Gasteiger partial charge in [0, 0.05) is 12.5 Å². The molecule has 1 aliphatic heterocycles. The molecule has 1 fully saturated rings. The number of ether oxygens (including phenoxy) is 2. The highest BCUT2D eigenvalue weighted by atomic mass is 16.6. The van der Waals surface area contributed by atoms with E-state index in [4.69, 9.17) is 19.7 Å². The number of hydrogen-bond donors (Lipinski definition) is 3. The van der Waals surface area contributed by atoms with Crippen LogP contribution in [0.3, 0.4) is 0 Å². The number of nitrogens with one attached hydrogen (secondary N) is 1.